The maximum Gasteiger partial charge on any atom is 0.305 e. The van der Waals surface area contributed by atoms with E-state index in [0.29, 0.717) is 32.4 Å². The highest BCUT2D eigenvalue weighted by Crippen LogP contribution is 2.24. The lowest BCUT2D eigenvalue weighted by molar-refractivity contribution is -0.143. The van der Waals surface area contributed by atoms with Crippen molar-refractivity contribution in [1.82, 2.24) is 4.57 Å². The van der Waals surface area contributed by atoms with E-state index in [1.807, 2.05) is 37.4 Å². The minimum atomic E-state index is -0.161. The number of unbranched alkanes of at least 4 members (excludes halogenated alkanes) is 3. The first-order valence-corrected chi connectivity index (χ1v) is 9.44. The number of carbonyl (C=O) groups is 2. The summed E-state index contributed by atoms with van der Waals surface area (Å²) in [7, 11) is 0. The van der Waals surface area contributed by atoms with E-state index in [1.165, 1.54) is 12.8 Å². The average molecular weight is 343 g/mol. The molecule has 0 saturated heterocycles. The standard InChI is InChI=1S/C21H29NO3/c1-3-5-6-7-13-20(23)18-16-22(15-10-14-21(24)25-4-2)19-12-9-8-11-17(18)19/h8-9,11-12,16H,3-7,10,13-15H2,1-2H3. The normalized spacial score (nSPS) is 11.0. The third-order valence-corrected chi connectivity index (χ3v) is 4.43. The molecule has 0 saturated carbocycles. The lowest BCUT2D eigenvalue weighted by Crippen LogP contribution is -2.06. The van der Waals surface area contributed by atoms with E-state index in [4.69, 9.17) is 4.74 Å². The van der Waals surface area contributed by atoms with Crippen LogP contribution in [0.25, 0.3) is 10.9 Å². The van der Waals surface area contributed by atoms with E-state index in [2.05, 4.69) is 11.5 Å². The number of ether oxygens (including phenoxy) is 1. The van der Waals surface area contributed by atoms with Crippen LogP contribution in [-0.4, -0.2) is 22.9 Å². The summed E-state index contributed by atoms with van der Waals surface area (Å²) < 4.78 is 7.06. The molecule has 0 amide bonds. The molecule has 2 rings (SSSR count). The summed E-state index contributed by atoms with van der Waals surface area (Å²) in [5.41, 5.74) is 1.87. The molecule has 0 atom stereocenters. The zero-order valence-electron chi connectivity index (χ0n) is 15.4. The van der Waals surface area contributed by atoms with Gasteiger partial charge in [-0.1, -0.05) is 44.4 Å². The first kappa shape index (κ1) is 19.2. The fraction of sp³-hybridized carbons (Fsp3) is 0.524. The van der Waals surface area contributed by atoms with Gasteiger partial charge in [0.2, 0.25) is 0 Å². The number of rotatable bonds is 11. The van der Waals surface area contributed by atoms with E-state index in [9.17, 15) is 9.59 Å². The molecule has 136 valence electrons. The van der Waals surface area contributed by atoms with Gasteiger partial charge >= 0.3 is 5.97 Å². The molecule has 1 aromatic carbocycles. The predicted molar refractivity (Wildman–Crippen MR) is 101 cm³/mol. The molecule has 0 aliphatic rings. The Kier molecular flexibility index (Phi) is 7.71. The second-order valence-electron chi connectivity index (χ2n) is 6.40. The number of nitrogens with zero attached hydrogens (tertiary/aromatic N) is 1. The van der Waals surface area contributed by atoms with Crippen molar-refractivity contribution in [2.45, 2.75) is 65.3 Å². The van der Waals surface area contributed by atoms with Gasteiger partial charge in [-0.2, -0.15) is 0 Å². The number of Topliss-reactive ketones (excluding diaryl/α,β-unsaturated/α-hetero) is 1. The number of aryl methyl sites for hydroxylation is 1. The summed E-state index contributed by atoms with van der Waals surface area (Å²) in [6, 6.07) is 8.00. The Hall–Kier alpha value is -2.10. The summed E-state index contributed by atoms with van der Waals surface area (Å²) in [6.07, 6.45) is 8.10. The molecular weight excluding hydrogens is 314 g/mol. The summed E-state index contributed by atoms with van der Waals surface area (Å²) in [5.74, 6) is 0.0580. The lowest BCUT2D eigenvalue weighted by atomic mass is 10.0. The summed E-state index contributed by atoms with van der Waals surface area (Å²) in [6.45, 7) is 5.12. The Morgan fingerprint density at radius 1 is 1.00 bits per heavy atom. The number of para-hydroxylation sites is 1. The maximum absolute atomic E-state index is 12.6. The van der Waals surface area contributed by atoms with Crippen molar-refractivity contribution < 1.29 is 14.3 Å². The molecule has 1 aromatic heterocycles. The molecule has 0 bridgehead atoms. The van der Waals surface area contributed by atoms with Crippen LogP contribution >= 0.6 is 0 Å². The second-order valence-corrected chi connectivity index (χ2v) is 6.40. The minimum absolute atomic E-state index is 0.161. The molecule has 25 heavy (non-hydrogen) atoms. The van der Waals surface area contributed by atoms with Crippen molar-refractivity contribution in [2.75, 3.05) is 6.61 Å². The lowest BCUT2D eigenvalue weighted by Gasteiger charge is -2.05. The molecule has 0 aliphatic heterocycles. The fourth-order valence-corrected chi connectivity index (χ4v) is 3.13. The number of hydrogen-bond donors (Lipinski definition) is 0. The Labute approximate surface area is 150 Å². The Balaban J connectivity index is 2.06. The van der Waals surface area contributed by atoms with Crippen LogP contribution in [0.3, 0.4) is 0 Å². The summed E-state index contributed by atoms with van der Waals surface area (Å²) in [4.78, 5) is 24.1. The molecule has 0 aliphatic carbocycles. The zero-order chi connectivity index (χ0) is 18.1. The van der Waals surface area contributed by atoms with Crippen molar-refractivity contribution in [1.29, 1.82) is 0 Å². The molecule has 0 spiro atoms. The fourth-order valence-electron chi connectivity index (χ4n) is 3.13. The van der Waals surface area contributed by atoms with E-state index < -0.39 is 0 Å². The maximum atomic E-state index is 12.6. The number of ketones is 1. The summed E-state index contributed by atoms with van der Waals surface area (Å²) in [5, 5.41) is 1.01. The molecule has 1 heterocycles. The monoisotopic (exact) mass is 343 g/mol. The summed E-state index contributed by atoms with van der Waals surface area (Å²) >= 11 is 0. The highest BCUT2D eigenvalue weighted by atomic mass is 16.5. The van der Waals surface area contributed by atoms with E-state index in [0.717, 1.165) is 29.3 Å². The van der Waals surface area contributed by atoms with Crippen LogP contribution in [0.15, 0.2) is 30.5 Å². The van der Waals surface area contributed by atoms with Gasteiger partial charge in [-0.15, -0.1) is 0 Å². The molecule has 4 nitrogen and oxygen atoms in total. The van der Waals surface area contributed by atoms with Crippen molar-refractivity contribution in [3.63, 3.8) is 0 Å². The molecule has 0 fully saturated rings. The van der Waals surface area contributed by atoms with Gasteiger partial charge in [0.1, 0.15) is 0 Å². The topological polar surface area (TPSA) is 48.3 Å². The Morgan fingerprint density at radius 3 is 2.56 bits per heavy atom. The van der Waals surface area contributed by atoms with Crippen molar-refractivity contribution in [2.24, 2.45) is 0 Å². The highest BCUT2D eigenvalue weighted by molar-refractivity contribution is 6.08. The third-order valence-electron chi connectivity index (χ3n) is 4.43. The second kappa shape index (κ2) is 10.0. The van der Waals surface area contributed by atoms with Crippen molar-refractivity contribution in [3.8, 4) is 0 Å². The van der Waals surface area contributed by atoms with E-state index >= 15 is 0 Å². The molecular formula is C21H29NO3. The molecule has 0 radical (unpaired) electrons. The molecule has 0 N–H and O–H groups in total. The van der Waals surface area contributed by atoms with Crippen LogP contribution in [0.5, 0.6) is 0 Å². The van der Waals surface area contributed by atoms with Crippen LogP contribution in [0.2, 0.25) is 0 Å². The number of hydrogen-bond acceptors (Lipinski definition) is 3. The van der Waals surface area contributed by atoms with Crippen LogP contribution in [0.4, 0.5) is 0 Å². The van der Waals surface area contributed by atoms with Gasteiger partial charge in [0, 0.05) is 42.0 Å². The SMILES string of the molecule is CCCCCCC(=O)c1cn(CCCC(=O)OCC)c2ccccc12. The minimum Gasteiger partial charge on any atom is -0.466 e. The van der Waals surface area contributed by atoms with Gasteiger partial charge in [-0.25, -0.2) is 0 Å². The van der Waals surface area contributed by atoms with Crippen LogP contribution < -0.4 is 0 Å². The zero-order valence-corrected chi connectivity index (χ0v) is 15.4. The van der Waals surface area contributed by atoms with Gasteiger partial charge in [-0.3, -0.25) is 9.59 Å². The third kappa shape index (κ3) is 5.45. The van der Waals surface area contributed by atoms with E-state index in [-0.39, 0.29) is 11.8 Å². The van der Waals surface area contributed by atoms with Gasteiger partial charge < -0.3 is 9.30 Å². The molecule has 0 unspecified atom stereocenters. The number of aromatic nitrogens is 1. The van der Waals surface area contributed by atoms with Crippen molar-refractivity contribution >= 4 is 22.7 Å². The predicted octanol–water partition coefficient (Wildman–Crippen LogP) is 5.14. The van der Waals surface area contributed by atoms with Gasteiger partial charge in [0.15, 0.2) is 5.78 Å². The van der Waals surface area contributed by atoms with Crippen LogP contribution in [-0.2, 0) is 16.1 Å². The average Bonchev–Trinajstić information content (AvgIpc) is 2.98. The van der Waals surface area contributed by atoms with Crippen LogP contribution in [0, 0.1) is 0 Å². The number of fused-ring (bicyclic) bond motifs is 1. The quantitative estimate of drug-likeness (QED) is 0.322. The first-order valence-electron chi connectivity index (χ1n) is 9.44. The largest absolute Gasteiger partial charge is 0.466 e. The van der Waals surface area contributed by atoms with E-state index in [1.54, 1.807) is 0 Å². The molecule has 4 heteroatoms. The first-order chi connectivity index (χ1) is 12.2. The van der Waals surface area contributed by atoms with Gasteiger partial charge in [0.05, 0.1) is 6.61 Å². The smallest absolute Gasteiger partial charge is 0.305 e. The Bertz CT molecular complexity index is 702. The van der Waals surface area contributed by atoms with Crippen LogP contribution in [0.1, 0.15) is 69.2 Å². The number of benzene rings is 1. The highest BCUT2D eigenvalue weighted by Gasteiger charge is 2.14. The number of esters is 1. The number of carbonyl (C=O) groups excluding carboxylic acids is 2. The Morgan fingerprint density at radius 2 is 1.80 bits per heavy atom. The van der Waals surface area contributed by atoms with Gasteiger partial charge in [-0.05, 0) is 25.8 Å². The van der Waals surface area contributed by atoms with Crippen molar-refractivity contribution in [3.05, 3.63) is 36.0 Å². The van der Waals surface area contributed by atoms with Gasteiger partial charge in [0.25, 0.3) is 0 Å². The molecule has 2 aromatic rings.